The van der Waals surface area contributed by atoms with Gasteiger partial charge in [-0.15, -0.1) is 0 Å². The average Bonchev–Trinajstić information content (AvgIpc) is 2.42. The number of hydrogen-bond acceptors (Lipinski definition) is 3. The highest BCUT2D eigenvalue weighted by Gasteiger charge is 2.51. The van der Waals surface area contributed by atoms with Crippen LogP contribution in [-0.2, 0) is 14.2 Å². The molecule has 0 radical (unpaired) electrons. The third-order valence-corrected chi connectivity index (χ3v) is 3.21. The largest absolute Gasteiger partial charge is 0.372 e. The van der Waals surface area contributed by atoms with E-state index in [1.165, 1.54) is 0 Å². The van der Waals surface area contributed by atoms with E-state index in [2.05, 4.69) is 13.8 Å². The molecule has 3 nitrogen and oxygen atoms in total. The lowest BCUT2D eigenvalue weighted by atomic mass is 9.88. The quantitative estimate of drug-likeness (QED) is 0.574. The maximum atomic E-state index is 5.89. The fourth-order valence-electron chi connectivity index (χ4n) is 1.77. The Morgan fingerprint density at radius 2 is 1.92 bits per heavy atom. The van der Waals surface area contributed by atoms with Crippen LogP contribution in [0.2, 0.25) is 0 Å². The van der Waals surface area contributed by atoms with E-state index < -0.39 is 5.79 Å². The minimum Gasteiger partial charge on any atom is -0.372 e. The minimum atomic E-state index is -0.529. The molecule has 0 spiro atoms. The van der Waals surface area contributed by atoms with E-state index in [1.54, 1.807) is 0 Å². The van der Waals surface area contributed by atoms with Crippen LogP contribution in [0, 0.1) is 5.41 Å². The van der Waals surface area contributed by atoms with E-state index in [1.807, 2.05) is 13.8 Å². The van der Waals surface area contributed by atoms with Crippen molar-refractivity contribution in [3.05, 3.63) is 0 Å². The fraction of sp³-hybridized carbons (Fsp3) is 1.00. The molecule has 0 aromatic carbocycles. The summed E-state index contributed by atoms with van der Waals surface area (Å²) in [5, 5.41) is 0. The highest BCUT2D eigenvalue weighted by Crippen LogP contribution is 2.40. The second kappa shape index (κ2) is 2.69. The van der Waals surface area contributed by atoms with Gasteiger partial charge in [-0.2, -0.15) is 0 Å². The van der Waals surface area contributed by atoms with E-state index in [4.69, 9.17) is 14.2 Å². The molecule has 2 aliphatic rings. The Morgan fingerprint density at radius 3 is 2.62 bits per heavy atom. The van der Waals surface area contributed by atoms with Crippen molar-refractivity contribution in [2.75, 3.05) is 13.2 Å². The van der Waals surface area contributed by atoms with E-state index in [0.717, 1.165) is 6.61 Å². The van der Waals surface area contributed by atoms with Gasteiger partial charge in [0.25, 0.3) is 0 Å². The highest BCUT2D eigenvalue weighted by molar-refractivity contribution is 4.91. The minimum absolute atomic E-state index is 0.0132. The molecule has 0 amide bonds. The first-order valence-electron chi connectivity index (χ1n) is 4.87. The van der Waals surface area contributed by atoms with Gasteiger partial charge < -0.3 is 14.2 Å². The number of rotatable bonds is 0. The van der Waals surface area contributed by atoms with Gasteiger partial charge in [-0.1, -0.05) is 13.8 Å². The van der Waals surface area contributed by atoms with Crippen LogP contribution in [0.25, 0.3) is 0 Å². The molecule has 3 atom stereocenters. The third kappa shape index (κ3) is 1.39. The molecule has 76 valence electrons. The molecular formula is C10H18O3. The van der Waals surface area contributed by atoms with Crippen molar-refractivity contribution in [3.63, 3.8) is 0 Å². The average molecular weight is 186 g/mol. The van der Waals surface area contributed by atoms with Crippen molar-refractivity contribution in [2.45, 2.75) is 45.7 Å². The molecule has 2 aliphatic heterocycles. The van der Waals surface area contributed by atoms with Crippen molar-refractivity contribution in [1.82, 2.24) is 0 Å². The first-order valence-corrected chi connectivity index (χ1v) is 4.87. The summed E-state index contributed by atoms with van der Waals surface area (Å²) in [6.07, 6.45) is 0.182. The number of fused-ring (bicyclic) bond motifs is 2. The fourth-order valence-corrected chi connectivity index (χ4v) is 1.77. The predicted molar refractivity (Wildman–Crippen MR) is 48.4 cm³/mol. The molecule has 0 N–H and O–H groups in total. The standard InChI is InChI=1S/C10H18O3/c1-7-10(4)12-5-8(13-10)9(2,3)6-11-7/h7-8H,5-6H2,1-4H3. The molecular weight excluding hydrogens is 168 g/mol. The first kappa shape index (κ1) is 9.44. The molecule has 2 rings (SSSR count). The summed E-state index contributed by atoms with van der Waals surface area (Å²) >= 11 is 0. The summed E-state index contributed by atoms with van der Waals surface area (Å²) < 4.78 is 17.2. The van der Waals surface area contributed by atoms with Gasteiger partial charge in [-0.25, -0.2) is 0 Å². The van der Waals surface area contributed by atoms with Crippen molar-refractivity contribution in [3.8, 4) is 0 Å². The predicted octanol–water partition coefficient (Wildman–Crippen LogP) is 1.56. The van der Waals surface area contributed by atoms with Crippen LogP contribution in [-0.4, -0.2) is 31.2 Å². The van der Waals surface area contributed by atoms with Gasteiger partial charge in [0.15, 0.2) is 5.79 Å². The van der Waals surface area contributed by atoms with Crippen molar-refractivity contribution >= 4 is 0 Å². The summed E-state index contributed by atoms with van der Waals surface area (Å²) in [6.45, 7) is 9.72. The Labute approximate surface area is 79.4 Å². The molecule has 0 saturated carbocycles. The smallest absolute Gasteiger partial charge is 0.192 e. The van der Waals surface area contributed by atoms with Crippen LogP contribution in [0.1, 0.15) is 27.7 Å². The molecule has 2 heterocycles. The van der Waals surface area contributed by atoms with E-state index in [0.29, 0.717) is 6.61 Å². The zero-order valence-corrected chi connectivity index (χ0v) is 8.79. The maximum absolute atomic E-state index is 5.89. The van der Waals surface area contributed by atoms with Crippen molar-refractivity contribution < 1.29 is 14.2 Å². The second-order valence-electron chi connectivity index (χ2n) is 4.88. The zero-order valence-electron chi connectivity index (χ0n) is 8.79. The van der Waals surface area contributed by atoms with Gasteiger partial charge in [0.05, 0.1) is 19.3 Å². The molecule has 0 aromatic heterocycles. The van der Waals surface area contributed by atoms with Crippen LogP contribution in [0.4, 0.5) is 0 Å². The monoisotopic (exact) mass is 186 g/mol. The molecule has 0 aromatic rings. The zero-order chi connectivity index (χ0) is 9.69. The van der Waals surface area contributed by atoms with E-state index in [9.17, 15) is 0 Å². The van der Waals surface area contributed by atoms with Gasteiger partial charge in [0.1, 0.15) is 6.10 Å². The molecule has 3 heteroatoms. The Hall–Kier alpha value is -0.120. The van der Waals surface area contributed by atoms with Crippen molar-refractivity contribution in [1.29, 1.82) is 0 Å². The summed E-state index contributed by atoms with van der Waals surface area (Å²) in [6, 6.07) is 0. The maximum Gasteiger partial charge on any atom is 0.192 e. The van der Waals surface area contributed by atoms with Gasteiger partial charge >= 0.3 is 0 Å². The highest BCUT2D eigenvalue weighted by atomic mass is 16.8. The lowest BCUT2D eigenvalue weighted by molar-refractivity contribution is -0.209. The normalized spacial score (nSPS) is 48.9. The summed E-state index contributed by atoms with van der Waals surface area (Å²) in [4.78, 5) is 0. The Bertz CT molecular complexity index is 214. The number of hydrogen-bond donors (Lipinski definition) is 0. The van der Waals surface area contributed by atoms with Crippen LogP contribution in [0.3, 0.4) is 0 Å². The first-order chi connectivity index (χ1) is 5.94. The Morgan fingerprint density at radius 1 is 1.23 bits per heavy atom. The van der Waals surface area contributed by atoms with Gasteiger partial charge in [-0.3, -0.25) is 0 Å². The number of ether oxygens (including phenoxy) is 3. The van der Waals surface area contributed by atoms with Gasteiger partial charge in [-0.05, 0) is 13.8 Å². The summed E-state index contributed by atoms with van der Waals surface area (Å²) in [5.41, 5.74) is 0.0581. The molecule has 0 aliphatic carbocycles. The Kier molecular flexibility index (Phi) is 1.95. The van der Waals surface area contributed by atoms with Crippen LogP contribution >= 0.6 is 0 Å². The second-order valence-corrected chi connectivity index (χ2v) is 4.88. The lowest BCUT2D eigenvalue weighted by Gasteiger charge is -2.29. The van der Waals surface area contributed by atoms with Gasteiger partial charge in [0, 0.05) is 5.41 Å². The van der Waals surface area contributed by atoms with E-state index in [-0.39, 0.29) is 17.6 Å². The topological polar surface area (TPSA) is 27.7 Å². The molecule has 3 unspecified atom stereocenters. The molecule has 2 bridgehead atoms. The van der Waals surface area contributed by atoms with E-state index >= 15 is 0 Å². The lowest BCUT2D eigenvalue weighted by Crippen LogP contribution is -2.39. The molecule has 2 saturated heterocycles. The van der Waals surface area contributed by atoms with Crippen LogP contribution < -0.4 is 0 Å². The van der Waals surface area contributed by atoms with Crippen LogP contribution in [0.15, 0.2) is 0 Å². The Balaban J connectivity index is 2.24. The molecule has 2 fully saturated rings. The molecule has 13 heavy (non-hydrogen) atoms. The third-order valence-electron chi connectivity index (χ3n) is 3.21. The summed E-state index contributed by atoms with van der Waals surface area (Å²) in [5.74, 6) is -0.529. The van der Waals surface area contributed by atoms with Crippen molar-refractivity contribution in [2.24, 2.45) is 5.41 Å². The van der Waals surface area contributed by atoms with Crippen LogP contribution in [0.5, 0.6) is 0 Å². The SMILES string of the molecule is CC1OCC(C)(C)C2COC1(C)O2. The van der Waals surface area contributed by atoms with Gasteiger partial charge in [0.2, 0.25) is 0 Å². The summed E-state index contributed by atoms with van der Waals surface area (Å²) in [7, 11) is 0.